The Morgan fingerprint density at radius 3 is 2.48 bits per heavy atom. The molecule has 0 aliphatic carbocycles. The summed E-state index contributed by atoms with van der Waals surface area (Å²) in [5, 5.41) is 2.70. The molecule has 2 rings (SSSR count). The van der Waals surface area contributed by atoms with E-state index in [4.69, 9.17) is 4.74 Å². The third-order valence-electron chi connectivity index (χ3n) is 3.56. The molecule has 7 nitrogen and oxygen atoms in total. The molecule has 1 amide bonds. The van der Waals surface area contributed by atoms with Gasteiger partial charge in [0.25, 0.3) is 0 Å². The van der Waals surface area contributed by atoms with E-state index in [1.165, 1.54) is 14.1 Å². The van der Waals surface area contributed by atoms with Crippen LogP contribution in [0.4, 0.5) is 11.4 Å². The Kier molecular flexibility index (Phi) is 6.98. The van der Waals surface area contributed by atoms with Crippen LogP contribution >= 0.6 is 0 Å². The predicted molar refractivity (Wildman–Crippen MR) is 107 cm³/mol. The van der Waals surface area contributed by atoms with Crippen molar-refractivity contribution in [2.45, 2.75) is 0 Å². The molecule has 0 saturated heterocycles. The number of rotatable bonds is 9. The summed E-state index contributed by atoms with van der Waals surface area (Å²) in [4.78, 5) is 12.5. The lowest BCUT2D eigenvalue weighted by atomic mass is 10.3. The van der Waals surface area contributed by atoms with E-state index in [-0.39, 0.29) is 6.54 Å². The third-order valence-corrected chi connectivity index (χ3v) is 5.38. The quantitative estimate of drug-likeness (QED) is 0.669. The fourth-order valence-corrected chi connectivity index (χ4v) is 3.31. The van der Waals surface area contributed by atoms with Crippen LogP contribution in [-0.2, 0) is 15.0 Å². The second-order valence-corrected chi connectivity index (χ2v) is 7.87. The maximum atomic E-state index is 12.6. The van der Waals surface area contributed by atoms with Gasteiger partial charge in [0.2, 0.25) is 5.91 Å². The number of ether oxygens (including phenoxy) is 1. The molecule has 1 N–H and O–H groups in total. The van der Waals surface area contributed by atoms with Gasteiger partial charge in [0.15, 0.2) is 0 Å². The van der Waals surface area contributed by atoms with Crippen molar-refractivity contribution < 1.29 is 17.9 Å². The second kappa shape index (κ2) is 9.20. The van der Waals surface area contributed by atoms with Crippen LogP contribution < -0.4 is 14.4 Å². The van der Waals surface area contributed by atoms with Crippen LogP contribution in [0.25, 0.3) is 0 Å². The van der Waals surface area contributed by atoms with Gasteiger partial charge in [0.1, 0.15) is 18.9 Å². The molecule has 2 aromatic rings. The molecule has 27 heavy (non-hydrogen) atoms. The lowest BCUT2D eigenvalue weighted by Gasteiger charge is -2.26. The van der Waals surface area contributed by atoms with Gasteiger partial charge in [-0.1, -0.05) is 36.9 Å². The van der Waals surface area contributed by atoms with Gasteiger partial charge in [-0.2, -0.15) is 12.7 Å². The molecule has 0 heterocycles. The summed E-state index contributed by atoms with van der Waals surface area (Å²) in [7, 11) is -0.989. The van der Waals surface area contributed by atoms with Crippen LogP contribution in [0.2, 0.25) is 0 Å². The van der Waals surface area contributed by atoms with E-state index in [2.05, 4.69) is 11.9 Å². The van der Waals surface area contributed by atoms with Gasteiger partial charge >= 0.3 is 10.2 Å². The fourth-order valence-electron chi connectivity index (χ4n) is 2.25. The summed E-state index contributed by atoms with van der Waals surface area (Å²) in [5.74, 6) is 0.110. The highest BCUT2D eigenvalue weighted by Crippen LogP contribution is 2.20. The first-order valence-corrected chi connectivity index (χ1v) is 9.63. The van der Waals surface area contributed by atoms with Gasteiger partial charge in [-0.25, -0.2) is 4.31 Å². The molecule has 0 saturated carbocycles. The van der Waals surface area contributed by atoms with Crippen molar-refractivity contribution in [1.82, 2.24) is 4.31 Å². The Hall–Kier alpha value is -2.84. The van der Waals surface area contributed by atoms with Gasteiger partial charge in [-0.05, 0) is 24.3 Å². The summed E-state index contributed by atoms with van der Waals surface area (Å²) in [5.41, 5.74) is 0.918. The molecule has 0 atom stereocenters. The molecule has 0 aromatic heterocycles. The van der Waals surface area contributed by atoms with Gasteiger partial charge in [0.05, 0.1) is 5.69 Å². The number of carbonyl (C=O) groups is 1. The maximum Gasteiger partial charge on any atom is 0.304 e. The van der Waals surface area contributed by atoms with Crippen molar-refractivity contribution in [2.75, 3.05) is 36.9 Å². The minimum atomic E-state index is -3.83. The van der Waals surface area contributed by atoms with Gasteiger partial charge in [-0.3, -0.25) is 4.79 Å². The first-order valence-electron chi connectivity index (χ1n) is 8.23. The van der Waals surface area contributed by atoms with Gasteiger partial charge in [0, 0.05) is 25.8 Å². The number of hydrogen-bond acceptors (Lipinski definition) is 4. The number of benzene rings is 2. The second-order valence-electron chi connectivity index (χ2n) is 5.81. The molecule has 0 spiro atoms. The van der Waals surface area contributed by atoms with E-state index in [1.807, 2.05) is 0 Å². The minimum absolute atomic E-state index is 0.347. The zero-order chi connectivity index (χ0) is 19.9. The predicted octanol–water partition coefficient (Wildman–Crippen LogP) is 2.50. The van der Waals surface area contributed by atoms with Crippen LogP contribution in [0.3, 0.4) is 0 Å². The average molecular weight is 389 g/mol. The number of nitrogens with one attached hydrogen (secondary N) is 1. The number of amides is 1. The van der Waals surface area contributed by atoms with Crippen LogP contribution in [0.1, 0.15) is 0 Å². The average Bonchev–Trinajstić information content (AvgIpc) is 2.65. The topological polar surface area (TPSA) is 79.0 Å². The highest BCUT2D eigenvalue weighted by Gasteiger charge is 2.27. The molecular formula is C19H23N3O4S. The molecule has 8 heteroatoms. The van der Waals surface area contributed by atoms with Crippen molar-refractivity contribution in [3.63, 3.8) is 0 Å². The molecular weight excluding hydrogens is 366 g/mol. The summed E-state index contributed by atoms with van der Waals surface area (Å²) in [6, 6.07) is 15.3. The zero-order valence-electron chi connectivity index (χ0n) is 15.3. The van der Waals surface area contributed by atoms with E-state index in [9.17, 15) is 13.2 Å². The summed E-state index contributed by atoms with van der Waals surface area (Å²) < 4.78 is 32.8. The van der Waals surface area contributed by atoms with Crippen molar-refractivity contribution in [2.24, 2.45) is 0 Å². The molecule has 2 aromatic carbocycles. The van der Waals surface area contributed by atoms with E-state index >= 15 is 0 Å². The molecule has 0 radical (unpaired) electrons. The van der Waals surface area contributed by atoms with Gasteiger partial charge in [-0.15, -0.1) is 0 Å². The van der Waals surface area contributed by atoms with E-state index in [0.717, 1.165) is 8.61 Å². The Bertz CT molecular complexity index is 883. The summed E-state index contributed by atoms with van der Waals surface area (Å²) in [6.07, 6.45) is 1.62. The fraction of sp³-hybridized carbons (Fsp3) is 0.211. The third kappa shape index (κ3) is 5.57. The number of anilines is 2. The number of para-hydroxylation sites is 1. The normalized spacial score (nSPS) is 11.1. The van der Waals surface area contributed by atoms with Crippen LogP contribution in [0.5, 0.6) is 5.75 Å². The SMILES string of the molecule is C=CCOc1cccc(NC(=O)CN(c2ccccc2)S(=O)(=O)N(C)C)c1. The minimum Gasteiger partial charge on any atom is -0.489 e. The van der Waals surface area contributed by atoms with Crippen LogP contribution in [0.15, 0.2) is 67.3 Å². The molecule has 0 fully saturated rings. The number of carbonyl (C=O) groups excluding carboxylic acids is 1. The number of nitrogens with zero attached hydrogens (tertiary/aromatic N) is 2. The summed E-state index contributed by atoms with van der Waals surface area (Å²) in [6.45, 7) is 3.57. The molecule has 0 bridgehead atoms. The molecule has 0 aliphatic heterocycles. The van der Waals surface area contributed by atoms with E-state index in [0.29, 0.717) is 23.7 Å². The first-order chi connectivity index (χ1) is 12.8. The van der Waals surface area contributed by atoms with E-state index < -0.39 is 16.1 Å². The largest absolute Gasteiger partial charge is 0.489 e. The summed E-state index contributed by atoms with van der Waals surface area (Å²) >= 11 is 0. The monoisotopic (exact) mass is 389 g/mol. The zero-order valence-corrected chi connectivity index (χ0v) is 16.1. The Labute approximate surface area is 160 Å². The number of hydrogen-bond donors (Lipinski definition) is 1. The molecule has 144 valence electrons. The Morgan fingerprint density at radius 1 is 1.15 bits per heavy atom. The lowest BCUT2D eigenvalue weighted by Crippen LogP contribution is -2.44. The van der Waals surface area contributed by atoms with E-state index in [1.54, 1.807) is 60.7 Å². The molecule has 0 unspecified atom stereocenters. The Morgan fingerprint density at radius 2 is 1.85 bits per heavy atom. The highest BCUT2D eigenvalue weighted by atomic mass is 32.2. The van der Waals surface area contributed by atoms with Crippen LogP contribution in [-0.4, -0.2) is 45.9 Å². The lowest BCUT2D eigenvalue weighted by molar-refractivity contribution is -0.114. The van der Waals surface area contributed by atoms with Crippen molar-refractivity contribution in [3.8, 4) is 5.75 Å². The smallest absolute Gasteiger partial charge is 0.304 e. The maximum absolute atomic E-state index is 12.6. The van der Waals surface area contributed by atoms with Crippen molar-refractivity contribution in [1.29, 1.82) is 0 Å². The Balaban J connectivity index is 2.18. The van der Waals surface area contributed by atoms with Gasteiger partial charge < -0.3 is 10.1 Å². The first kappa shape index (κ1) is 20.5. The van der Waals surface area contributed by atoms with Crippen molar-refractivity contribution in [3.05, 3.63) is 67.3 Å². The standard InChI is InChI=1S/C19H23N3O4S/c1-4-13-26-18-12-8-9-16(14-18)20-19(23)15-22(27(24,25)21(2)3)17-10-6-5-7-11-17/h4-12,14H,1,13,15H2,2-3H3,(H,20,23). The van der Waals surface area contributed by atoms with Crippen molar-refractivity contribution >= 4 is 27.5 Å². The molecule has 0 aliphatic rings. The highest BCUT2D eigenvalue weighted by molar-refractivity contribution is 7.90. The van der Waals surface area contributed by atoms with Crippen LogP contribution in [0, 0.1) is 0 Å².